The molecule has 4 rings (SSSR count). The highest BCUT2D eigenvalue weighted by Crippen LogP contribution is 2.43. The van der Waals surface area contributed by atoms with E-state index in [1.54, 1.807) is 0 Å². The van der Waals surface area contributed by atoms with Crippen molar-refractivity contribution in [3.8, 4) is 22.3 Å². The van der Waals surface area contributed by atoms with Gasteiger partial charge in [0.15, 0.2) is 0 Å². The Labute approximate surface area is 156 Å². The summed E-state index contributed by atoms with van der Waals surface area (Å²) in [5.74, 6) is 0. The molecular weight excluding hydrogens is 312 g/mol. The van der Waals surface area contributed by atoms with Crippen LogP contribution in [0.15, 0.2) is 84.9 Å². The fourth-order valence-corrected chi connectivity index (χ4v) is 4.16. The molecule has 0 bridgehead atoms. The molecule has 128 valence electrons. The van der Waals surface area contributed by atoms with Crippen LogP contribution in [0.4, 0.5) is 0 Å². The first-order chi connectivity index (χ1) is 12.8. The van der Waals surface area contributed by atoms with Gasteiger partial charge in [0, 0.05) is 0 Å². The minimum Gasteiger partial charge on any atom is -0.0622 e. The van der Waals surface area contributed by atoms with Gasteiger partial charge in [0.2, 0.25) is 0 Å². The van der Waals surface area contributed by atoms with Crippen molar-refractivity contribution < 1.29 is 0 Å². The lowest BCUT2D eigenvalue weighted by Crippen LogP contribution is -2.00. The normalized spacial score (nSPS) is 11.0. The van der Waals surface area contributed by atoms with Crippen LogP contribution < -0.4 is 0 Å². The van der Waals surface area contributed by atoms with Crippen molar-refractivity contribution in [3.63, 3.8) is 0 Å². The Hall–Kier alpha value is -2.86. The van der Waals surface area contributed by atoms with Gasteiger partial charge in [-0.25, -0.2) is 0 Å². The monoisotopic (exact) mass is 336 g/mol. The van der Waals surface area contributed by atoms with Crippen molar-refractivity contribution in [1.82, 2.24) is 0 Å². The largest absolute Gasteiger partial charge is 0.0622 e. The van der Waals surface area contributed by atoms with Crippen molar-refractivity contribution in [2.75, 3.05) is 0 Å². The molecule has 0 atom stereocenters. The molecule has 0 aliphatic heterocycles. The average molecular weight is 336 g/mol. The highest BCUT2D eigenvalue weighted by Gasteiger charge is 2.19. The third-order valence-corrected chi connectivity index (χ3v) is 5.26. The van der Waals surface area contributed by atoms with Crippen LogP contribution in [-0.2, 0) is 12.8 Å². The standard InChI is InChI=1S/C26H24/c1-3-21-23-17-11-12-18-24(23)22(4-2)26(20-15-9-6-10-16-20)25(21)19-13-7-5-8-14-19/h5-18H,3-4H2,1-2H3. The maximum atomic E-state index is 2.29. The van der Waals surface area contributed by atoms with E-state index < -0.39 is 0 Å². The van der Waals surface area contributed by atoms with Crippen molar-refractivity contribution in [3.05, 3.63) is 96.1 Å². The number of benzene rings is 4. The zero-order valence-electron chi connectivity index (χ0n) is 15.5. The quantitative estimate of drug-likeness (QED) is 0.367. The SMILES string of the molecule is CCc1c(-c2ccccc2)c(-c2ccccc2)c(CC)c2ccccc12. The van der Waals surface area contributed by atoms with E-state index in [0.29, 0.717) is 0 Å². The lowest BCUT2D eigenvalue weighted by Gasteiger charge is -2.22. The van der Waals surface area contributed by atoms with Crippen LogP contribution >= 0.6 is 0 Å². The average Bonchev–Trinajstić information content (AvgIpc) is 2.73. The molecular formula is C26H24. The highest BCUT2D eigenvalue weighted by atomic mass is 14.2. The second kappa shape index (κ2) is 7.17. The highest BCUT2D eigenvalue weighted by molar-refractivity contribution is 6.03. The second-order valence-corrected chi connectivity index (χ2v) is 6.69. The summed E-state index contributed by atoms with van der Waals surface area (Å²) in [7, 11) is 0. The summed E-state index contributed by atoms with van der Waals surface area (Å²) in [6.07, 6.45) is 2.04. The number of fused-ring (bicyclic) bond motifs is 1. The summed E-state index contributed by atoms with van der Waals surface area (Å²) in [5.41, 5.74) is 8.31. The first-order valence-electron chi connectivity index (χ1n) is 9.52. The van der Waals surface area contributed by atoms with Crippen molar-refractivity contribution in [2.24, 2.45) is 0 Å². The van der Waals surface area contributed by atoms with Gasteiger partial charge in [0.25, 0.3) is 0 Å². The van der Waals surface area contributed by atoms with Gasteiger partial charge < -0.3 is 0 Å². The molecule has 0 unspecified atom stereocenters. The third kappa shape index (κ3) is 2.72. The molecule has 0 aliphatic rings. The number of hydrogen-bond acceptors (Lipinski definition) is 0. The molecule has 0 N–H and O–H groups in total. The third-order valence-electron chi connectivity index (χ3n) is 5.26. The lowest BCUT2D eigenvalue weighted by molar-refractivity contribution is 1.13. The van der Waals surface area contributed by atoms with E-state index in [0.717, 1.165) is 12.8 Å². The molecule has 0 heterocycles. The molecule has 0 aliphatic carbocycles. The van der Waals surface area contributed by atoms with E-state index in [1.807, 2.05) is 0 Å². The first-order valence-corrected chi connectivity index (χ1v) is 9.52. The smallest absolute Gasteiger partial charge is 0.00642 e. The molecule has 0 amide bonds. The molecule has 0 spiro atoms. The van der Waals surface area contributed by atoms with Crippen molar-refractivity contribution in [1.29, 1.82) is 0 Å². The fourth-order valence-electron chi connectivity index (χ4n) is 4.16. The van der Waals surface area contributed by atoms with Gasteiger partial charge in [-0.05, 0) is 57.0 Å². The molecule has 4 aromatic carbocycles. The summed E-state index contributed by atoms with van der Waals surface area (Å²) >= 11 is 0. The Morgan fingerprint density at radius 3 is 1.15 bits per heavy atom. The van der Waals surface area contributed by atoms with Gasteiger partial charge in [-0.15, -0.1) is 0 Å². The first kappa shape index (κ1) is 16.6. The van der Waals surface area contributed by atoms with E-state index in [4.69, 9.17) is 0 Å². The lowest BCUT2D eigenvalue weighted by atomic mass is 9.81. The van der Waals surface area contributed by atoms with Gasteiger partial charge in [0.05, 0.1) is 0 Å². The Morgan fingerprint density at radius 2 is 0.808 bits per heavy atom. The molecule has 0 fully saturated rings. The summed E-state index contributed by atoms with van der Waals surface area (Å²) in [6, 6.07) is 30.6. The molecule has 0 nitrogen and oxygen atoms in total. The minimum atomic E-state index is 1.02. The summed E-state index contributed by atoms with van der Waals surface area (Å²) < 4.78 is 0. The predicted molar refractivity (Wildman–Crippen MR) is 114 cm³/mol. The van der Waals surface area contributed by atoms with Gasteiger partial charge in [-0.1, -0.05) is 98.8 Å². The summed E-state index contributed by atoms with van der Waals surface area (Å²) in [6.45, 7) is 4.54. The molecule has 0 aromatic heterocycles. The molecule has 26 heavy (non-hydrogen) atoms. The molecule has 0 saturated carbocycles. The van der Waals surface area contributed by atoms with Gasteiger partial charge >= 0.3 is 0 Å². The molecule has 0 heteroatoms. The topological polar surface area (TPSA) is 0 Å². The van der Waals surface area contributed by atoms with Gasteiger partial charge in [-0.2, -0.15) is 0 Å². The Balaban J connectivity index is 2.22. The van der Waals surface area contributed by atoms with Crippen LogP contribution in [-0.4, -0.2) is 0 Å². The predicted octanol–water partition coefficient (Wildman–Crippen LogP) is 7.30. The van der Waals surface area contributed by atoms with Gasteiger partial charge in [-0.3, -0.25) is 0 Å². The van der Waals surface area contributed by atoms with E-state index in [9.17, 15) is 0 Å². The van der Waals surface area contributed by atoms with E-state index in [2.05, 4.69) is 98.8 Å². The fraction of sp³-hybridized carbons (Fsp3) is 0.154. The Kier molecular flexibility index (Phi) is 4.58. The summed E-state index contributed by atoms with van der Waals surface area (Å²) in [5, 5.41) is 2.79. The number of rotatable bonds is 4. The summed E-state index contributed by atoms with van der Waals surface area (Å²) in [4.78, 5) is 0. The van der Waals surface area contributed by atoms with Crippen LogP contribution in [0.1, 0.15) is 25.0 Å². The molecule has 4 aromatic rings. The number of aryl methyl sites for hydroxylation is 2. The van der Waals surface area contributed by atoms with Crippen LogP contribution in [0.25, 0.3) is 33.0 Å². The maximum absolute atomic E-state index is 2.29. The molecule has 0 radical (unpaired) electrons. The molecule has 0 saturated heterocycles. The van der Waals surface area contributed by atoms with E-state index in [1.165, 1.54) is 44.2 Å². The maximum Gasteiger partial charge on any atom is -0.00642 e. The van der Waals surface area contributed by atoms with Crippen LogP contribution in [0, 0.1) is 0 Å². The van der Waals surface area contributed by atoms with Crippen molar-refractivity contribution in [2.45, 2.75) is 26.7 Å². The second-order valence-electron chi connectivity index (χ2n) is 6.69. The van der Waals surface area contributed by atoms with Crippen LogP contribution in [0.2, 0.25) is 0 Å². The Bertz CT molecular complexity index is 942. The minimum absolute atomic E-state index is 1.02. The van der Waals surface area contributed by atoms with E-state index in [-0.39, 0.29) is 0 Å². The zero-order valence-corrected chi connectivity index (χ0v) is 15.5. The number of hydrogen-bond donors (Lipinski definition) is 0. The van der Waals surface area contributed by atoms with Crippen LogP contribution in [0.3, 0.4) is 0 Å². The van der Waals surface area contributed by atoms with Gasteiger partial charge in [0.1, 0.15) is 0 Å². The van der Waals surface area contributed by atoms with Crippen molar-refractivity contribution >= 4 is 10.8 Å². The zero-order chi connectivity index (χ0) is 17.9. The Morgan fingerprint density at radius 1 is 0.462 bits per heavy atom. The van der Waals surface area contributed by atoms with Crippen LogP contribution in [0.5, 0.6) is 0 Å². The van der Waals surface area contributed by atoms with E-state index >= 15 is 0 Å².